The first-order valence-electron chi connectivity index (χ1n) is 5.30. The SMILES string of the molecule is N#Cc1ccc2c(c1N)CCC(C(F)(F)F)C2. The van der Waals surface area contributed by atoms with Gasteiger partial charge in [-0.3, -0.25) is 0 Å². The molecule has 0 saturated heterocycles. The van der Waals surface area contributed by atoms with E-state index < -0.39 is 12.1 Å². The molecule has 0 saturated carbocycles. The van der Waals surface area contributed by atoms with Gasteiger partial charge in [0.2, 0.25) is 0 Å². The molecule has 1 aliphatic carbocycles. The molecule has 0 radical (unpaired) electrons. The van der Waals surface area contributed by atoms with Crippen molar-refractivity contribution < 1.29 is 13.2 Å². The Kier molecular flexibility index (Phi) is 2.74. The van der Waals surface area contributed by atoms with Gasteiger partial charge in [-0.2, -0.15) is 18.4 Å². The molecule has 2 N–H and O–H groups in total. The van der Waals surface area contributed by atoms with E-state index in [4.69, 9.17) is 11.0 Å². The molecular weight excluding hydrogens is 229 g/mol. The largest absolute Gasteiger partial charge is 0.397 e. The predicted octanol–water partition coefficient (Wildman–Crippen LogP) is 2.81. The molecule has 0 fully saturated rings. The molecule has 90 valence electrons. The number of anilines is 1. The second kappa shape index (κ2) is 3.95. The maximum absolute atomic E-state index is 12.6. The Morgan fingerprint density at radius 2 is 2.06 bits per heavy atom. The van der Waals surface area contributed by atoms with Gasteiger partial charge in [0.25, 0.3) is 0 Å². The third kappa shape index (κ3) is 2.07. The van der Waals surface area contributed by atoms with Crippen molar-refractivity contribution in [1.29, 1.82) is 5.26 Å². The molecule has 5 heteroatoms. The van der Waals surface area contributed by atoms with Crippen molar-refractivity contribution in [3.63, 3.8) is 0 Å². The Morgan fingerprint density at radius 3 is 2.65 bits per heavy atom. The van der Waals surface area contributed by atoms with Crippen LogP contribution < -0.4 is 5.73 Å². The van der Waals surface area contributed by atoms with Crippen LogP contribution in [0.1, 0.15) is 23.1 Å². The Morgan fingerprint density at radius 1 is 1.35 bits per heavy atom. The van der Waals surface area contributed by atoms with Crippen molar-refractivity contribution in [1.82, 2.24) is 0 Å². The number of nitrogens with two attached hydrogens (primary N) is 1. The van der Waals surface area contributed by atoms with Crippen LogP contribution >= 0.6 is 0 Å². The highest BCUT2D eigenvalue weighted by atomic mass is 19.4. The normalized spacial score (nSPS) is 19.5. The molecule has 2 nitrogen and oxygen atoms in total. The quantitative estimate of drug-likeness (QED) is 0.709. The Hall–Kier alpha value is -1.70. The number of alkyl halides is 3. The van der Waals surface area contributed by atoms with Crippen molar-refractivity contribution in [2.24, 2.45) is 5.92 Å². The number of hydrogen-bond donors (Lipinski definition) is 1. The minimum Gasteiger partial charge on any atom is -0.397 e. The van der Waals surface area contributed by atoms with E-state index in [-0.39, 0.29) is 12.8 Å². The monoisotopic (exact) mass is 240 g/mol. The van der Waals surface area contributed by atoms with Gasteiger partial charge in [0.15, 0.2) is 0 Å². The fourth-order valence-corrected chi connectivity index (χ4v) is 2.26. The highest BCUT2D eigenvalue weighted by Crippen LogP contribution is 2.39. The fourth-order valence-electron chi connectivity index (χ4n) is 2.26. The van der Waals surface area contributed by atoms with Crippen molar-refractivity contribution in [2.75, 3.05) is 5.73 Å². The highest BCUT2D eigenvalue weighted by Gasteiger charge is 2.41. The summed E-state index contributed by atoms with van der Waals surface area (Å²) < 4.78 is 37.8. The second-order valence-corrected chi connectivity index (χ2v) is 4.26. The van der Waals surface area contributed by atoms with Crippen LogP contribution in [0, 0.1) is 17.2 Å². The molecule has 0 heterocycles. The van der Waals surface area contributed by atoms with Gasteiger partial charge in [-0.15, -0.1) is 0 Å². The van der Waals surface area contributed by atoms with Crippen molar-refractivity contribution in [2.45, 2.75) is 25.4 Å². The molecule has 0 aromatic heterocycles. The van der Waals surface area contributed by atoms with Crippen LogP contribution in [0.2, 0.25) is 0 Å². The number of benzene rings is 1. The molecule has 1 aromatic rings. The first kappa shape index (κ1) is 11.8. The number of nitrogen functional groups attached to an aromatic ring is 1. The maximum Gasteiger partial charge on any atom is 0.392 e. The molecule has 0 spiro atoms. The van der Waals surface area contributed by atoms with Crippen molar-refractivity contribution in [3.05, 3.63) is 28.8 Å². The second-order valence-electron chi connectivity index (χ2n) is 4.26. The first-order chi connectivity index (χ1) is 7.93. The molecule has 1 atom stereocenters. The molecule has 0 aliphatic heterocycles. The van der Waals surface area contributed by atoms with Crippen LogP contribution in [0.4, 0.5) is 18.9 Å². The number of rotatable bonds is 0. The third-order valence-electron chi connectivity index (χ3n) is 3.25. The van der Waals surface area contributed by atoms with Crippen molar-refractivity contribution in [3.8, 4) is 6.07 Å². The smallest absolute Gasteiger partial charge is 0.392 e. The van der Waals surface area contributed by atoms with Crippen LogP contribution in [-0.4, -0.2) is 6.18 Å². The standard InChI is InChI=1S/C12H11F3N2/c13-12(14,15)9-3-4-10-7(5-9)1-2-8(6-16)11(10)17/h1-2,9H,3-5,17H2. The molecule has 1 aromatic carbocycles. The summed E-state index contributed by atoms with van der Waals surface area (Å²) in [6, 6.07) is 5.02. The molecule has 17 heavy (non-hydrogen) atoms. The Balaban J connectivity index is 2.36. The Bertz CT molecular complexity index is 486. The molecule has 0 bridgehead atoms. The van der Waals surface area contributed by atoms with Crippen molar-refractivity contribution >= 4 is 5.69 Å². The minimum absolute atomic E-state index is 0.0330. The summed E-state index contributed by atoms with van der Waals surface area (Å²) in [5.74, 6) is -1.29. The zero-order valence-corrected chi connectivity index (χ0v) is 9.01. The average molecular weight is 240 g/mol. The summed E-state index contributed by atoms with van der Waals surface area (Å²) in [5.41, 5.74) is 7.78. The predicted molar refractivity (Wildman–Crippen MR) is 57.1 cm³/mol. The zero-order chi connectivity index (χ0) is 12.6. The number of fused-ring (bicyclic) bond motifs is 1. The molecule has 1 aliphatic rings. The molecule has 0 amide bonds. The van der Waals surface area contributed by atoms with E-state index in [0.717, 1.165) is 0 Å². The van der Waals surface area contributed by atoms with Gasteiger partial charge in [0.1, 0.15) is 6.07 Å². The van der Waals surface area contributed by atoms with E-state index in [1.807, 2.05) is 6.07 Å². The number of hydrogen-bond acceptors (Lipinski definition) is 2. The highest BCUT2D eigenvalue weighted by molar-refractivity contribution is 5.62. The zero-order valence-electron chi connectivity index (χ0n) is 9.01. The van der Waals surface area contributed by atoms with Gasteiger partial charge < -0.3 is 5.73 Å². The van der Waals surface area contributed by atoms with Gasteiger partial charge in [-0.05, 0) is 36.5 Å². The van der Waals surface area contributed by atoms with Gasteiger partial charge in [-0.1, -0.05) is 6.07 Å². The maximum atomic E-state index is 12.6. The topological polar surface area (TPSA) is 49.8 Å². The number of nitrogens with zero attached hydrogens (tertiary/aromatic N) is 1. The van der Waals surface area contributed by atoms with Crippen LogP contribution in [0.25, 0.3) is 0 Å². The minimum atomic E-state index is -4.15. The average Bonchev–Trinajstić information content (AvgIpc) is 2.28. The van der Waals surface area contributed by atoms with E-state index >= 15 is 0 Å². The van der Waals surface area contributed by atoms with Crippen LogP contribution in [-0.2, 0) is 12.8 Å². The Labute approximate surface area is 96.8 Å². The van der Waals surface area contributed by atoms with Crippen LogP contribution in [0.15, 0.2) is 12.1 Å². The van der Waals surface area contributed by atoms with Gasteiger partial charge in [0, 0.05) is 0 Å². The number of halogens is 3. The van der Waals surface area contributed by atoms with Gasteiger partial charge >= 0.3 is 6.18 Å². The summed E-state index contributed by atoms with van der Waals surface area (Å²) in [6.07, 6.45) is -3.84. The van der Waals surface area contributed by atoms with E-state index in [0.29, 0.717) is 28.8 Å². The lowest BCUT2D eigenvalue weighted by Gasteiger charge is -2.27. The van der Waals surface area contributed by atoms with E-state index in [1.165, 1.54) is 6.07 Å². The lowest BCUT2D eigenvalue weighted by atomic mass is 9.82. The first-order valence-corrected chi connectivity index (χ1v) is 5.30. The van der Waals surface area contributed by atoms with Gasteiger partial charge in [-0.25, -0.2) is 0 Å². The van der Waals surface area contributed by atoms with Gasteiger partial charge in [0.05, 0.1) is 17.2 Å². The lowest BCUT2D eigenvalue weighted by Crippen LogP contribution is -2.29. The summed E-state index contributed by atoms with van der Waals surface area (Å²) in [4.78, 5) is 0. The van der Waals surface area contributed by atoms with E-state index in [9.17, 15) is 13.2 Å². The summed E-state index contributed by atoms with van der Waals surface area (Å²) >= 11 is 0. The summed E-state index contributed by atoms with van der Waals surface area (Å²) in [7, 11) is 0. The van der Waals surface area contributed by atoms with E-state index in [2.05, 4.69) is 0 Å². The summed E-state index contributed by atoms with van der Waals surface area (Å²) in [6.45, 7) is 0. The summed E-state index contributed by atoms with van der Waals surface area (Å²) in [5, 5.41) is 8.79. The third-order valence-corrected chi connectivity index (χ3v) is 3.25. The molecular formula is C12H11F3N2. The van der Waals surface area contributed by atoms with E-state index in [1.54, 1.807) is 6.07 Å². The lowest BCUT2D eigenvalue weighted by molar-refractivity contribution is -0.177. The van der Waals surface area contributed by atoms with Crippen LogP contribution in [0.5, 0.6) is 0 Å². The molecule has 1 unspecified atom stereocenters. The van der Waals surface area contributed by atoms with Crippen LogP contribution in [0.3, 0.4) is 0 Å². The fraction of sp³-hybridized carbons (Fsp3) is 0.417. The molecule has 2 rings (SSSR count). The number of nitriles is 1.